The summed E-state index contributed by atoms with van der Waals surface area (Å²) >= 11 is 0. The molecule has 1 fully saturated rings. The van der Waals surface area contributed by atoms with Gasteiger partial charge in [0.25, 0.3) is 5.91 Å². The number of carbonyl (C=O) groups is 2. The molecule has 4 rings (SSSR count). The molecule has 0 aliphatic carbocycles. The third kappa shape index (κ3) is 4.45. The van der Waals surface area contributed by atoms with E-state index in [-0.39, 0.29) is 23.4 Å². The fourth-order valence-electron chi connectivity index (χ4n) is 3.98. The van der Waals surface area contributed by atoms with Crippen molar-refractivity contribution in [2.24, 2.45) is 0 Å². The highest BCUT2D eigenvalue weighted by Crippen LogP contribution is 2.25. The number of nitrogens with one attached hydrogen (secondary N) is 2. The van der Waals surface area contributed by atoms with Crippen LogP contribution < -0.4 is 15.6 Å². The van der Waals surface area contributed by atoms with E-state index in [1.807, 2.05) is 24.3 Å². The minimum atomic E-state index is -0.564. The number of anilines is 1. The fraction of sp³-hybridized carbons (Fsp3) is 0.292. The zero-order chi connectivity index (χ0) is 21.8. The Kier molecular flexibility index (Phi) is 6.02. The molecule has 1 aromatic heterocycles. The van der Waals surface area contributed by atoms with Crippen LogP contribution in [0, 0.1) is 0 Å². The van der Waals surface area contributed by atoms with Gasteiger partial charge >= 0.3 is 0 Å². The second-order valence-electron chi connectivity index (χ2n) is 7.83. The largest absolute Gasteiger partial charge is 0.371 e. The molecule has 160 valence electrons. The lowest BCUT2D eigenvalue weighted by molar-refractivity contribution is -0.129. The third-order valence-corrected chi connectivity index (χ3v) is 5.70. The van der Waals surface area contributed by atoms with Gasteiger partial charge in [-0.1, -0.05) is 30.3 Å². The van der Waals surface area contributed by atoms with Crippen molar-refractivity contribution >= 4 is 28.4 Å². The molecule has 0 bridgehead atoms. The molecule has 2 amide bonds. The van der Waals surface area contributed by atoms with E-state index in [0.717, 1.165) is 24.3 Å². The van der Waals surface area contributed by atoms with Crippen LogP contribution in [0.2, 0.25) is 0 Å². The number of hydrogen-bond acceptors (Lipinski definition) is 4. The number of amides is 2. The molecule has 2 aromatic carbocycles. The van der Waals surface area contributed by atoms with Crippen molar-refractivity contribution in [3.8, 4) is 0 Å². The summed E-state index contributed by atoms with van der Waals surface area (Å²) in [7, 11) is 1.72. The van der Waals surface area contributed by atoms with Crippen LogP contribution in [-0.2, 0) is 11.3 Å². The van der Waals surface area contributed by atoms with Crippen molar-refractivity contribution in [1.82, 2.24) is 15.2 Å². The Bertz CT molecular complexity index is 1160. The molecular formula is C24H26N4O3. The molecule has 1 aliphatic rings. The Morgan fingerprint density at radius 3 is 2.58 bits per heavy atom. The Labute approximate surface area is 180 Å². The van der Waals surface area contributed by atoms with Crippen LogP contribution in [-0.4, -0.2) is 48.4 Å². The minimum Gasteiger partial charge on any atom is -0.371 e. The first-order valence-corrected chi connectivity index (χ1v) is 10.5. The topological polar surface area (TPSA) is 85.5 Å². The number of aromatic amines is 1. The summed E-state index contributed by atoms with van der Waals surface area (Å²) in [5, 5.41) is 3.02. The maximum Gasteiger partial charge on any atom is 0.257 e. The SMILES string of the molecule is CN(Cc1ccccc1N1CCCC1)C(=O)CNC(=O)c1c[nH]c2ccccc2c1=O. The summed E-state index contributed by atoms with van der Waals surface area (Å²) in [6.07, 6.45) is 3.76. The number of rotatable bonds is 6. The normalized spacial score (nSPS) is 13.4. The lowest BCUT2D eigenvalue weighted by Gasteiger charge is -2.24. The Morgan fingerprint density at radius 2 is 1.77 bits per heavy atom. The molecule has 7 heteroatoms. The van der Waals surface area contributed by atoms with Gasteiger partial charge in [-0.05, 0) is 36.6 Å². The van der Waals surface area contributed by atoms with Gasteiger partial charge in [0.2, 0.25) is 11.3 Å². The second kappa shape index (κ2) is 9.04. The molecule has 1 saturated heterocycles. The van der Waals surface area contributed by atoms with Crippen molar-refractivity contribution in [3.63, 3.8) is 0 Å². The molecule has 3 aromatic rings. The number of aromatic nitrogens is 1. The first-order chi connectivity index (χ1) is 15.0. The number of fused-ring (bicyclic) bond motifs is 1. The molecule has 0 atom stereocenters. The number of nitrogens with zero attached hydrogens (tertiary/aromatic N) is 2. The maximum atomic E-state index is 12.6. The summed E-state index contributed by atoms with van der Waals surface area (Å²) in [6.45, 7) is 2.35. The van der Waals surface area contributed by atoms with Crippen LogP contribution in [0.25, 0.3) is 10.9 Å². The van der Waals surface area contributed by atoms with Crippen LogP contribution >= 0.6 is 0 Å². The van der Waals surface area contributed by atoms with Crippen molar-refractivity contribution in [2.45, 2.75) is 19.4 Å². The van der Waals surface area contributed by atoms with E-state index in [1.165, 1.54) is 19.0 Å². The van der Waals surface area contributed by atoms with Crippen LogP contribution in [0.5, 0.6) is 0 Å². The van der Waals surface area contributed by atoms with E-state index in [0.29, 0.717) is 17.4 Å². The summed E-state index contributed by atoms with van der Waals surface area (Å²) in [5.74, 6) is -0.784. The lowest BCUT2D eigenvalue weighted by atomic mass is 10.1. The monoisotopic (exact) mass is 418 g/mol. The number of H-pyrrole nitrogens is 1. The number of para-hydroxylation sites is 2. The van der Waals surface area contributed by atoms with Gasteiger partial charge in [-0.15, -0.1) is 0 Å². The van der Waals surface area contributed by atoms with Gasteiger partial charge in [0.05, 0.1) is 6.54 Å². The van der Waals surface area contributed by atoms with Gasteiger partial charge in [-0.2, -0.15) is 0 Å². The van der Waals surface area contributed by atoms with Crippen LogP contribution in [0.4, 0.5) is 5.69 Å². The Morgan fingerprint density at radius 1 is 1.06 bits per heavy atom. The highest BCUT2D eigenvalue weighted by Gasteiger charge is 2.19. The standard InChI is InChI=1S/C24H26N4O3/c1-27(16-17-8-2-5-11-21(17)28-12-6-7-13-28)22(29)15-26-24(31)19-14-25-20-10-4-3-9-18(20)23(19)30/h2-5,8-11,14H,6-7,12-13,15-16H2,1H3,(H,25,30)(H,26,31). The number of pyridine rings is 1. The molecule has 7 nitrogen and oxygen atoms in total. The zero-order valence-electron chi connectivity index (χ0n) is 17.6. The van der Waals surface area contributed by atoms with Crippen molar-refractivity contribution in [2.75, 3.05) is 31.6 Å². The first-order valence-electron chi connectivity index (χ1n) is 10.5. The van der Waals surface area contributed by atoms with E-state index >= 15 is 0 Å². The molecule has 31 heavy (non-hydrogen) atoms. The van der Waals surface area contributed by atoms with Crippen molar-refractivity contribution in [1.29, 1.82) is 0 Å². The van der Waals surface area contributed by atoms with E-state index in [2.05, 4.69) is 21.3 Å². The van der Waals surface area contributed by atoms with Gasteiger partial charge < -0.3 is 20.1 Å². The molecule has 0 spiro atoms. The number of benzene rings is 2. The Hall–Kier alpha value is -3.61. The second-order valence-corrected chi connectivity index (χ2v) is 7.83. The quantitative estimate of drug-likeness (QED) is 0.644. The van der Waals surface area contributed by atoms with Gasteiger partial charge in [0.1, 0.15) is 5.56 Å². The van der Waals surface area contributed by atoms with E-state index < -0.39 is 5.91 Å². The molecular weight excluding hydrogens is 392 g/mol. The predicted octanol–water partition coefficient (Wildman–Crippen LogP) is 2.52. The summed E-state index contributed by atoms with van der Waals surface area (Å²) in [4.78, 5) is 44.6. The molecule has 2 N–H and O–H groups in total. The first kappa shape index (κ1) is 20.7. The van der Waals surface area contributed by atoms with Crippen molar-refractivity contribution < 1.29 is 9.59 Å². The van der Waals surface area contributed by atoms with Crippen LogP contribution in [0.15, 0.2) is 59.5 Å². The summed E-state index contributed by atoms with van der Waals surface area (Å²) in [6, 6.07) is 15.1. The molecule has 0 radical (unpaired) electrons. The molecule has 2 heterocycles. The van der Waals surface area contributed by atoms with E-state index in [9.17, 15) is 14.4 Å². The third-order valence-electron chi connectivity index (χ3n) is 5.70. The molecule has 0 unspecified atom stereocenters. The molecule has 0 saturated carbocycles. The fourth-order valence-corrected chi connectivity index (χ4v) is 3.98. The van der Waals surface area contributed by atoms with Gasteiger partial charge in [0.15, 0.2) is 0 Å². The van der Waals surface area contributed by atoms with Crippen molar-refractivity contribution in [3.05, 3.63) is 76.1 Å². The van der Waals surface area contributed by atoms with Crippen LogP contribution in [0.3, 0.4) is 0 Å². The van der Waals surface area contributed by atoms with Gasteiger partial charge in [-0.3, -0.25) is 14.4 Å². The average molecular weight is 418 g/mol. The smallest absolute Gasteiger partial charge is 0.257 e. The Balaban J connectivity index is 1.40. The summed E-state index contributed by atoms with van der Waals surface area (Å²) in [5.41, 5.74) is 2.54. The predicted molar refractivity (Wildman–Crippen MR) is 121 cm³/mol. The minimum absolute atomic E-state index is 0.00599. The lowest BCUT2D eigenvalue weighted by Crippen LogP contribution is -2.39. The average Bonchev–Trinajstić information content (AvgIpc) is 3.33. The highest BCUT2D eigenvalue weighted by molar-refractivity contribution is 5.98. The molecule has 1 aliphatic heterocycles. The number of hydrogen-bond donors (Lipinski definition) is 2. The van der Waals surface area contributed by atoms with E-state index in [1.54, 1.807) is 30.1 Å². The maximum absolute atomic E-state index is 12.6. The van der Waals surface area contributed by atoms with E-state index in [4.69, 9.17) is 0 Å². The van der Waals surface area contributed by atoms with Gasteiger partial charge in [0, 0.05) is 49.5 Å². The summed E-state index contributed by atoms with van der Waals surface area (Å²) < 4.78 is 0. The highest BCUT2D eigenvalue weighted by atomic mass is 16.2. The van der Waals surface area contributed by atoms with Crippen LogP contribution in [0.1, 0.15) is 28.8 Å². The zero-order valence-corrected chi connectivity index (χ0v) is 17.6. The van der Waals surface area contributed by atoms with Gasteiger partial charge in [-0.25, -0.2) is 0 Å². The number of carbonyl (C=O) groups excluding carboxylic acids is 2. The number of likely N-dealkylation sites (N-methyl/N-ethyl adjacent to an activating group) is 1.